The number of piperidine rings is 1. The lowest BCUT2D eigenvalue weighted by atomic mass is 10.0. The number of carbonyl (C=O) groups is 1. The number of amides is 1. The second-order valence-electron chi connectivity index (χ2n) is 4.35. The molecule has 1 atom stereocenters. The highest BCUT2D eigenvalue weighted by molar-refractivity contribution is 5.82. The summed E-state index contributed by atoms with van der Waals surface area (Å²) in [6.45, 7) is 5.37. The topological polar surface area (TPSA) is 52.6 Å². The SMILES string of the molecule is CC(C)N(CCO)C(=O)C1CCCCN1. The zero-order valence-electron chi connectivity index (χ0n) is 9.70. The normalized spacial score (nSPS) is 21.7. The van der Waals surface area contributed by atoms with Crippen LogP contribution in [0.4, 0.5) is 0 Å². The van der Waals surface area contributed by atoms with Gasteiger partial charge in [-0.05, 0) is 33.2 Å². The summed E-state index contributed by atoms with van der Waals surface area (Å²) in [6.07, 6.45) is 3.20. The molecule has 0 spiro atoms. The minimum atomic E-state index is -0.0345. The molecule has 2 N–H and O–H groups in total. The Kier molecular flexibility index (Phi) is 5.05. The van der Waals surface area contributed by atoms with Gasteiger partial charge in [0.2, 0.25) is 5.91 Å². The van der Waals surface area contributed by atoms with Crippen molar-refractivity contribution in [1.82, 2.24) is 10.2 Å². The maximum atomic E-state index is 12.1. The Hall–Kier alpha value is -0.610. The molecule has 1 fully saturated rings. The van der Waals surface area contributed by atoms with Crippen molar-refractivity contribution in [2.75, 3.05) is 19.7 Å². The highest BCUT2D eigenvalue weighted by atomic mass is 16.3. The number of aliphatic hydroxyl groups excluding tert-OH is 1. The fourth-order valence-corrected chi connectivity index (χ4v) is 1.99. The maximum Gasteiger partial charge on any atom is 0.240 e. The van der Waals surface area contributed by atoms with E-state index in [9.17, 15) is 4.79 Å². The Balaban J connectivity index is 2.53. The number of aliphatic hydroxyl groups is 1. The third-order valence-corrected chi connectivity index (χ3v) is 2.86. The van der Waals surface area contributed by atoms with Gasteiger partial charge in [0, 0.05) is 12.6 Å². The van der Waals surface area contributed by atoms with Gasteiger partial charge in [0.15, 0.2) is 0 Å². The predicted octanol–water partition coefficient (Wildman–Crippen LogP) is 0.358. The first-order chi connectivity index (χ1) is 7.16. The van der Waals surface area contributed by atoms with Crippen LogP contribution in [0.15, 0.2) is 0 Å². The van der Waals surface area contributed by atoms with Gasteiger partial charge in [0.1, 0.15) is 0 Å². The summed E-state index contributed by atoms with van der Waals surface area (Å²) in [6, 6.07) is 0.126. The summed E-state index contributed by atoms with van der Waals surface area (Å²) in [5.41, 5.74) is 0. The molecule has 1 rings (SSSR count). The average Bonchev–Trinajstić information content (AvgIpc) is 2.26. The molecule has 0 aliphatic carbocycles. The van der Waals surface area contributed by atoms with Crippen LogP contribution in [-0.4, -0.2) is 47.7 Å². The minimum Gasteiger partial charge on any atom is -0.395 e. The van der Waals surface area contributed by atoms with Crippen molar-refractivity contribution in [1.29, 1.82) is 0 Å². The van der Waals surface area contributed by atoms with Crippen molar-refractivity contribution in [3.05, 3.63) is 0 Å². The summed E-state index contributed by atoms with van der Waals surface area (Å²) < 4.78 is 0. The Morgan fingerprint density at radius 3 is 2.73 bits per heavy atom. The lowest BCUT2D eigenvalue weighted by Gasteiger charge is -2.32. The molecule has 1 aliphatic rings. The van der Waals surface area contributed by atoms with Crippen LogP contribution in [-0.2, 0) is 4.79 Å². The first kappa shape index (κ1) is 12.5. The lowest BCUT2D eigenvalue weighted by molar-refractivity contribution is -0.136. The molecular weight excluding hydrogens is 192 g/mol. The van der Waals surface area contributed by atoms with E-state index in [1.807, 2.05) is 13.8 Å². The molecule has 15 heavy (non-hydrogen) atoms. The molecule has 0 aromatic rings. The molecular formula is C11H22N2O2. The number of nitrogens with zero attached hydrogens (tertiary/aromatic N) is 1. The van der Waals surface area contributed by atoms with Gasteiger partial charge in [0.05, 0.1) is 12.6 Å². The summed E-state index contributed by atoms with van der Waals surface area (Å²) in [7, 11) is 0. The van der Waals surface area contributed by atoms with E-state index in [2.05, 4.69) is 5.32 Å². The molecule has 0 aromatic heterocycles. The van der Waals surface area contributed by atoms with Crippen molar-refractivity contribution in [2.24, 2.45) is 0 Å². The zero-order valence-corrected chi connectivity index (χ0v) is 9.70. The molecule has 1 heterocycles. The fourth-order valence-electron chi connectivity index (χ4n) is 1.99. The first-order valence-electron chi connectivity index (χ1n) is 5.81. The van der Waals surface area contributed by atoms with Crippen molar-refractivity contribution in [2.45, 2.75) is 45.2 Å². The van der Waals surface area contributed by atoms with E-state index in [4.69, 9.17) is 5.11 Å². The van der Waals surface area contributed by atoms with Gasteiger partial charge >= 0.3 is 0 Å². The molecule has 0 aromatic carbocycles. The van der Waals surface area contributed by atoms with Crippen LogP contribution in [0.5, 0.6) is 0 Å². The number of hydrogen-bond donors (Lipinski definition) is 2. The van der Waals surface area contributed by atoms with Crippen LogP contribution in [0.2, 0.25) is 0 Å². The van der Waals surface area contributed by atoms with Crippen molar-refractivity contribution in [3.8, 4) is 0 Å². The van der Waals surface area contributed by atoms with E-state index in [0.717, 1.165) is 25.8 Å². The quantitative estimate of drug-likeness (QED) is 0.710. The van der Waals surface area contributed by atoms with E-state index >= 15 is 0 Å². The van der Waals surface area contributed by atoms with Gasteiger partial charge in [0.25, 0.3) is 0 Å². The van der Waals surface area contributed by atoms with Gasteiger partial charge in [-0.3, -0.25) is 4.79 Å². The molecule has 4 nitrogen and oxygen atoms in total. The highest BCUT2D eigenvalue weighted by Gasteiger charge is 2.26. The van der Waals surface area contributed by atoms with Crippen LogP contribution in [0.3, 0.4) is 0 Å². The summed E-state index contributed by atoms with van der Waals surface area (Å²) in [4.78, 5) is 13.8. The Labute approximate surface area is 91.6 Å². The number of nitrogens with one attached hydrogen (secondary N) is 1. The monoisotopic (exact) mass is 214 g/mol. The molecule has 1 aliphatic heterocycles. The van der Waals surface area contributed by atoms with Crippen LogP contribution in [0.25, 0.3) is 0 Å². The van der Waals surface area contributed by atoms with Crippen LogP contribution < -0.4 is 5.32 Å². The van der Waals surface area contributed by atoms with Gasteiger partial charge < -0.3 is 15.3 Å². The van der Waals surface area contributed by atoms with Gasteiger partial charge in [-0.1, -0.05) is 6.42 Å². The molecule has 1 saturated heterocycles. The standard InChI is InChI=1S/C11H22N2O2/c1-9(2)13(7-8-14)11(15)10-5-3-4-6-12-10/h9-10,12,14H,3-8H2,1-2H3. The maximum absolute atomic E-state index is 12.1. The van der Waals surface area contributed by atoms with Crippen LogP contribution >= 0.6 is 0 Å². The third kappa shape index (κ3) is 3.47. The van der Waals surface area contributed by atoms with E-state index in [1.165, 1.54) is 0 Å². The van der Waals surface area contributed by atoms with Crippen LogP contribution in [0.1, 0.15) is 33.1 Å². The molecule has 0 radical (unpaired) electrons. The van der Waals surface area contributed by atoms with Gasteiger partial charge in [-0.25, -0.2) is 0 Å². The molecule has 88 valence electrons. The van der Waals surface area contributed by atoms with E-state index in [1.54, 1.807) is 4.90 Å². The summed E-state index contributed by atoms with van der Waals surface area (Å²) >= 11 is 0. The second kappa shape index (κ2) is 6.08. The molecule has 0 saturated carbocycles. The van der Waals surface area contributed by atoms with Crippen LogP contribution in [0, 0.1) is 0 Å². The van der Waals surface area contributed by atoms with Crippen molar-refractivity contribution < 1.29 is 9.90 Å². The number of carbonyl (C=O) groups excluding carboxylic acids is 1. The smallest absolute Gasteiger partial charge is 0.240 e. The van der Waals surface area contributed by atoms with Crippen molar-refractivity contribution in [3.63, 3.8) is 0 Å². The predicted molar refractivity (Wildman–Crippen MR) is 59.6 cm³/mol. The lowest BCUT2D eigenvalue weighted by Crippen LogP contribution is -2.51. The third-order valence-electron chi connectivity index (χ3n) is 2.86. The molecule has 1 unspecified atom stereocenters. The van der Waals surface area contributed by atoms with Crippen molar-refractivity contribution >= 4 is 5.91 Å². The minimum absolute atomic E-state index is 0.0345. The Morgan fingerprint density at radius 2 is 2.27 bits per heavy atom. The average molecular weight is 214 g/mol. The fraction of sp³-hybridized carbons (Fsp3) is 0.909. The second-order valence-corrected chi connectivity index (χ2v) is 4.35. The summed E-state index contributed by atoms with van der Waals surface area (Å²) in [5.74, 6) is 0.138. The molecule has 1 amide bonds. The molecule has 0 bridgehead atoms. The van der Waals surface area contributed by atoms with Gasteiger partial charge in [-0.15, -0.1) is 0 Å². The zero-order chi connectivity index (χ0) is 11.3. The first-order valence-corrected chi connectivity index (χ1v) is 5.81. The van der Waals surface area contributed by atoms with Gasteiger partial charge in [-0.2, -0.15) is 0 Å². The Morgan fingerprint density at radius 1 is 1.53 bits per heavy atom. The van der Waals surface area contributed by atoms with E-state index in [-0.39, 0.29) is 24.6 Å². The number of rotatable bonds is 4. The Bertz CT molecular complexity index is 201. The molecule has 4 heteroatoms. The highest BCUT2D eigenvalue weighted by Crippen LogP contribution is 2.11. The largest absolute Gasteiger partial charge is 0.395 e. The summed E-state index contributed by atoms with van der Waals surface area (Å²) in [5, 5.41) is 12.2. The van der Waals surface area contributed by atoms with E-state index in [0.29, 0.717) is 6.54 Å². The van der Waals surface area contributed by atoms with E-state index < -0.39 is 0 Å². The number of hydrogen-bond acceptors (Lipinski definition) is 3.